The Labute approximate surface area is 114 Å². The van der Waals surface area contributed by atoms with Crippen LogP contribution in [0.25, 0.3) is 0 Å². The lowest BCUT2D eigenvalue weighted by molar-refractivity contribution is 0.338. The standard InChI is InChI=1S/C14H18O4S/c1-3-19(16,17)10-9-18-14-7-6-13(5-4-8-15)11-12(14)2/h6-7,11,15H,3,8-10H2,1-2H3. The molecule has 1 N–H and O–H groups in total. The van der Waals surface area contributed by atoms with Crippen LogP contribution >= 0.6 is 0 Å². The van der Waals surface area contributed by atoms with Crippen molar-refractivity contribution in [2.75, 3.05) is 24.7 Å². The smallest absolute Gasteiger partial charge is 0.153 e. The lowest BCUT2D eigenvalue weighted by atomic mass is 10.1. The molecule has 0 aliphatic heterocycles. The van der Waals surface area contributed by atoms with Gasteiger partial charge < -0.3 is 9.84 Å². The maximum absolute atomic E-state index is 11.3. The second kappa shape index (κ2) is 7.17. The summed E-state index contributed by atoms with van der Waals surface area (Å²) in [4.78, 5) is 0. The molecule has 0 saturated carbocycles. The van der Waals surface area contributed by atoms with Crippen molar-refractivity contribution in [3.05, 3.63) is 29.3 Å². The third-order valence-corrected chi connectivity index (χ3v) is 4.25. The lowest BCUT2D eigenvalue weighted by Crippen LogP contribution is -2.15. The summed E-state index contributed by atoms with van der Waals surface area (Å²) >= 11 is 0. The largest absolute Gasteiger partial charge is 0.492 e. The number of aliphatic hydroxyl groups excluding tert-OH is 1. The number of aliphatic hydroxyl groups is 1. The van der Waals surface area contributed by atoms with E-state index in [0.29, 0.717) is 5.75 Å². The molecule has 0 radical (unpaired) electrons. The summed E-state index contributed by atoms with van der Waals surface area (Å²) < 4.78 is 28.1. The zero-order valence-corrected chi connectivity index (χ0v) is 12.0. The van der Waals surface area contributed by atoms with Crippen molar-refractivity contribution in [1.82, 2.24) is 0 Å². The van der Waals surface area contributed by atoms with Crippen molar-refractivity contribution in [3.8, 4) is 17.6 Å². The molecule has 1 rings (SSSR count). The van der Waals surface area contributed by atoms with E-state index >= 15 is 0 Å². The molecular weight excluding hydrogens is 264 g/mol. The Morgan fingerprint density at radius 2 is 2.11 bits per heavy atom. The predicted molar refractivity (Wildman–Crippen MR) is 75.0 cm³/mol. The van der Waals surface area contributed by atoms with Gasteiger partial charge in [-0.2, -0.15) is 0 Å². The van der Waals surface area contributed by atoms with Crippen molar-refractivity contribution in [2.24, 2.45) is 0 Å². The number of sulfone groups is 1. The molecule has 0 fully saturated rings. The van der Waals surface area contributed by atoms with Gasteiger partial charge in [0.2, 0.25) is 0 Å². The first-order valence-electron chi connectivity index (χ1n) is 6.02. The molecule has 1 aromatic rings. The molecule has 0 aliphatic carbocycles. The minimum Gasteiger partial charge on any atom is -0.492 e. The Bertz CT molecular complexity index is 579. The second-order valence-corrected chi connectivity index (χ2v) is 6.50. The quantitative estimate of drug-likeness (QED) is 0.823. The van der Waals surface area contributed by atoms with Gasteiger partial charge in [0.15, 0.2) is 9.84 Å². The van der Waals surface area contributed by atoms with Gasteiger partial charge in [-0.15, -0.1) is 0 Å². The van der Waals surface area contributed by atoms with E-state index in [1.807, 2.05) is 13.0 Å². The predicted octanol–water partition coefficient (Wildman–Crippen LogP) is 1.15. The second-order valence-electron chi connectivity index (χ2n) is 4.02. The molecule has 0 atom stereocenters. The highest BCUT2D eigenvalue weighted by atomic mass is 32.2. The van der Waals surface area contributed by atoms with Crippen molar-refractivity contribution < 1.29 is 18.3 Å². The number of ether oxygens (including phenoxy) is 1. The zero-order valence-electron chi connectivity index (χ0n) is 11.1. The number of rotatable bonds is 5. The number of hydrogen-bond acceptors (Lipinski definition) is 4. The van der Waals surface area contributed by atoms with Crippen LogP contribution in [0.5, 0.6) is 5.75 Å². The molecular formula is C14H18O4S. The van der Waals surface area contributed by atoms with E-state index in [4.69, 9.17) is 9.84 Å². The van der Waals surface area contributed by atoms with Gasteiger partial charge in [0.05, 0.1) is 5.75 Å². The van der Waals surface area contributed by atoms with Gasteiger partial charge in [-0.1, -0.05) is 18.8 Å². The van der Waals surface area contributed by atoms with Crippen LogP contribution in [0.3, 0.4) is 0 Å². The topological polar surface area (TPSA) is 63.6 Å². The molecule has 1 aromatic carbocycles. The molecule has 0 saturated heterocycles. The van der Waals surface area contributed by atoms with E-state index in [0.717, 1.165) is 11.1 Å². The normalized spacial score (nSPS) is 10.7. The summed E-state index contributed by atoms with van der Waals surface area (Å²) in [6.45, 7) is 3.47. The highest BCUT2D eigenvalue weighted by Crippen LogP contribution is 2.18. The van der Waals surface area contributed by atoms with Crippen molar-refractivity contribution in [1.29, 1.82) is 0 Å². The molecule has 5 heteroatoms. The molecule has 0 aliphatic rings. The van der Waals surface area contributed by atoms with E-state index < -0.39 is 9.84 Å². The average molecular weight is 282 g/mol. The van der Waals surface area contributed by atoms with E-state index in [1.54, 1.807) is 19.1 Å². The fourth-order valence-electron chi connectivity index (χ4n) is 1.45. The average Bonchev–Trinajstić information content (AvgIpc) is 2.38. The van der Waals surface area contributed by atoms with Gasteiger partial charge >= 0.3 is 0 Å². The summed E-state index contributed by atoms with van der Waals surface area (Å²) in [7, 11) is -3.00. The SMILES string of the molecule is CCS(=O)(=O)CCOc1ccc(C#CCO)cc1C. The van der Waals surface area contributed by atoms with Gasteiger partial charge in [0.25, 0.3) is 0 Å². The van der Waals surface area contributed by atoms with Gasteiger partial charge in [-0.25, -0.2) is 8.42 Å². The number of hydrogen-bond donors (Lipinski definition) is 1. The summed E-state index contributed by atoms with van der Waals surface area (Å²) in [6.07, 6.45) is 0. The molecule has 0 heterocycles. The Balaban J connectivity index is 2.65. The minimum absolute atomic E-state index is 0.0228. The van der Waals surface area contributed by atoms with Crippen LogP contribution < -0.4 is 4.74 Å². The summed E-state index contributed by atoms with van der Waals surface area (Å²) in [5, 5.41) is 8.61. The first-order chi connectivity index (χ1) is 8.98. The highest BCUT2D eigenvalue weighted by Gasteiger charge is 2.08. The van der Waals surface area contributed by atoms with Crippen molar-refractivity contribution in [3.63, 3.8) is 0 Å². The highest BCUT2D eigenvalue weighted by molar-refractivity contribution is 7.91. The van der Waals surface area contributed by atoms with E-state index in [2.05, 4.69) is 11.8 Å². The summed E-state index contributed by atoms with van der Waals surface area (Å²) in [5.41, 5.74) is 1.68. The van der Waals surface area contributed by atoms with Crippen molar-refractivity contribution >= 4 is 9.84 Å². The summed E-state index contributed by atoms with van der Waals surface area (Å²) in [5.74, 6) is 6.17. The van der Waals surface area contributed by atoms with E-state index in [-0.39, 0.29) is 24.7 Å². The molecule has 19 heavy (non-hydrogen) atoms. The van der Waals surface area contributed by atoms with Crippen LogP contribution in [-0.2, 0) is 9.84 Å². The van der Waals surface area contributed by atoms with Crippen LogP contribution in [0.2, 0.25) is 0 Å². The van der Waals surface area contributed by atoms with E-state index in [1.165, 1.54) is 0 Å². The van der Waals surface area contributed by atoms with Crippen LogP contribution in [0.15, 0.2) is 18.2 Å². The van der Waals surface area contributed by atoms with Gasteiger partial charge in [0, 0.05) is 11.3 Å². The maximum Gasteiger partial charge on any atom is 0.153 e. The van der Waals surface area contributed by atoms with Gasteiger partial charge in [0.1, 0.15) is 19.0 Å². The van der Waals surface area contributed by atoms with Crippen LogP contribution in [0.1, 0.15) is 18.1 Å². The molecule has 0 amide bonds. The molecule has 0 aromatic heterocycles. The molecule has 0 unspecified atom stereocenters. The molecule has 0 bridgehead atoms. The first kappa shape index (κ1) is 15.5. The van der Waals surface area contributed by atoms with Crippen LogP contribution in [0, 0.1) is 18.8 Å². The Hall–Kier alpha value is -1.51. The van der Waals surface area contributed by atoms with Gasteiger partial charge in [-0.3, -0.25) is 0 Å². The number of benzene rings is 1. The Morgan fingerprint density at radius 3 is 2.68 bits per heavy atom. The molecule has 4 nitrogen and oxygen atoms in total. The third kappa shape index (κ3) is 5.33. The number of aryl methyl sites for hydroxylation is 1. The monoisotopic (exact) mass is 282 g/mol. The minimum atomic E-state index is -3.00. The molecule has 104 valence electrons. The van der Waals surface area contributed by atoms with Crippen LogP contribution in [-0.4, -0.2) is 38.2 Å². The maximum atomic E-state index is 11.3. The van der Waals surface area contributed by atoms with E-state index in [9.17, 15) is 8.42 Å². The molecule has 0 spiro atoms. The Kier molecular flexibility index (Phi) is 5.87. The fourth-order valence-corrected chi connectivity index (χ4v) is 2.08. The van der Waals surface area contributed by atoms with Crippen LogP contribution in [0.4, 0.5) is 0 Å². The summed E-state index contributed by atoms with van der Waals surface area (Å²) in [6, 6.07) is 5.38. The first-order valence-corrected chi connectivity index (χ1v) is 7.84. The van der Waals surface area contributed by atoms with Crippen molar-refractivity contribution in [2.45, 2.75) is 13.8 Å². The lowest BCUT2D eigenvalue weighted by Gasteiger charge is -2.09. The van der Waals surface area contributed by atoms with Gasteiger partial charge in [-0.05, 0) is 30.7 Å². The zero-order chi connectivity index (χ0) is 14.3. The fraction of sp³-hybridized carbons (Fsp3) is 0.429. The third-order valence-electron chi connectivity index (χ3n) is 2.58. The Morgan fingerprint density at radius 1 is 1.37 bits per heavy atom.